The summed E-state index contributed by atoms with van der Waals surface area (Å²) in [5.74, 6) is 0.683. The third kappa shape index (κ3) is 3.94. The molecule has 106 valence electrons. The smallest absolute Gasteiger partial charge is 0.172 e. The lowest BCUT2D eigenvalue weighted by Gasteiger charge is -2.06. The van der Waals surface area contributed by atoms with Crippen LogP contribution < -0.4 is 10.6 Å². The van der Waals surface area contributed by atoms with Crippen LogP contribution in [-0.4, -0.2) is 21.4 Å². The molecule has 2 N–H and O–H groups in total. The van der Waals surface area contributed by atoms with E-state index in [1.54, 1.807) is 0 Å². The van der Waals surface area contributed by atoms with E-state index < -0.39 is 0 Å². The summed E-state index contributed by atoms with van der Waals surface area (Å²) in [6.07, 6.45) is 1.89. The molecule has 0 spiro atoms. The van der Waals surface area contributed by atoms with Gasteiger partial charge in [-0.25, -0.2) is 0 Å². The zero-order valence-electron chi connectivity index (χ0n) is 10.9. The summed E-state index contributed by atoms with van der Waals surface area (Å²) in [4.78, 5) is 0. The molecule has 0 aliphatic heterocycles. The average molecular weight is 374 g/mol. The van der Waals surface area contributed by atoms with Crippen LogP contribution in [0.2, 0.25) is 5.02 Å². The zero-order valence-corrected chi connectivity index (χ0v) is 14.0. The van der Waals surface area contributed by atoms with Gasteiger partial charge in [0.25, 0.3) is 0 Å². The van der Waals surface area contributed by atoms with Gasteiger partial charge in [-0.2, -0.15) is 5.10 Å². The first-order chi connectivity index (χ1) is 9.60. The normalized spacial score (nSPS) is 10.3. The second-order valence-corrected chi connectivity index (χ2v) is 5.77. The van der Waals surface area contributed by atoms with E-state index in [2.05, 4.69) is 31.7 Å². The summed E-state index contributed by atoms with van der Waals surface area (Å²) in [6.45, 7) is 3.36. The maximum Gasteiger partial charge on any atom is 0.172 e. The minimum Gasteiger partial charge on any atom is -0.363 e. The number of thiocarbonyl (C=S) groups is 1. The number of hydrogen-bond donors (Lipinski definition) is 2. The van der Waals surface area contributed by atoms with Crippen LogP contribution in [0.25, 0.3) is 0 Å². The molecule has 0 saturated carbocycles. The van der Waals surface area contributed by atoms with Crippen LogP contribution in [0.4, 0.5) is 5.82 Å². The van der Waals surface area contributed by atoms with E-state index in [4.69, 9.17) is 23.8 Å². The molecule has 0 aliphatic carbocycles. The van der Waals surface area contributed by atoms with E-state index in [1.165, 1.54) is 0 Å². The molecule has 2 rings (SSSR count). The fraction of sp³-hybridized carbons (Fsp3) is 0.231. The molecule has 0 aliphatic rings. The lowest BCUT2D eigenvalue weighted by molar-refractivity contribution is 0.689. The summed E-state index contributed by atoms with van der Waals surface area (Å²) in [6, 6.07) is 7.72. The molecule has 0 unspecified atom stereocenters. The Kier molecular flexibility index (Phi) is 5.39. The van der Waals surface area contributed by atoms with E-state index in [9.17, 15) is 0 Å². The Hall–Kier alpha value is -1.11. The third-order valence-corrected chi connectivity index (χ3v) is 3.77. The zero-order chi connectivity index (χ0) is 14.5. The molecular formula is C13H14BrClN4S. The quantitative estimate of drug-likeness (QED) is 0.803. The van der Waals surface area contributed by atoms with Crippen LogP contribution >= 0.6 is 39.7 Å². The van der Waals surface area contributed by atoms with Crippen LogP contribution in [0.5, 0.6) is 0 Å². The fourth-order valence-electron chi connectivity index (χ4n) is 1.68. The average Bonchev–Trinajstić information content (AvgIpc) is 2.73. The van der Waals surface area contributed by atoms with Crippen molar-refractivity contribution >= 4 is 50.7 Å². The van der Waals surface area contributed by atoms with Crippen molar-refractivity contribution in [2.75, 3.05) is 11.9 Å². The molecule has 1 aromatic heterocycles. The standard InChI is InChI=1S/C13H14BrClN4S/c1-2-16-13(20)17-12-10(14)8-19(18-12)7-9-5-3-4-6-11(9)15/h3-6,8H,2,7H2,1H3,(H2,16,17,18,20). The molecule has 1 heterocycles. The first-order valence-corrected chi connectivity index (χ1v) is 7.69. The maximum absolute atomic E-state index is 6.15. The number of nitrogens with zero attached hydrogens (tertiary/aromatic N) is 2. The Morgan fingerprint density at radius 2 is 2.20 bits per heavy atom. The van der Waals surface area contributed by atoms with Crippen molar-refractivity contribution in [3.05, 3.63) is 45.5 Å². The van der Waals surface area contributed by atoms with Crippen molar-refractivity contribution in [1.29, 1.82) is 0 Å². The minimum atomic E-state index is 0.552. The molecule has 0 amide bonds. The molecule has 0 radical (unpaired) electrons. The maximum atomic E-state index is 6.15. The highest BCUT2D eigenvalue weighted by molar-refractivity contribution is 9.10. The number of nitrogens with one attached hydrogen (secondary N) is 2. The Labute approximate surface area is 136 Å². The van der Waals surface area contributed by atoms with Gasteiger partial charge < -0.3 is 10.6 Å². The molecule has 1 aromatic carbocycles. The first kappa shape index (κ1) is 15.3. The molecule has 0 atom stereocenters. The Morgan fingerprint density at radius 3 is 2.90 bits per heavy atom. The van der Waals surface area contributed by atoms with Crippen molar-refractivity contribution in [3.63, 3.8) is 0 Å². The topological polar surface area (TPSA) is 41.9 Å². The monoisotopic (exact) mass is 372 g/mol. The van der Waals surface area contributed by atoms with Gasteiger partial charge in [-0.15, -0.1) is 0 Å². The highest BCUT2D eigenvalue weighted by Crippen LogP contribution is 2.22. The SMILES string of the molecule is CCNC(=S)Nc1nn(Cc2ccccc2Cl)cc1Br. The predicted molar refractivity (Wildman–Crippen MR) is 90.4 cm³/mol. The second kappa shape index (κ2) is 7.06. The lowest BCUT2D eigenvalue weighted by atomic mass is 10.2. The van der Waals surface area contributed by atoms with Gasteiger partial charge in [-0.3, -0.25) is 4.68 Å². The van der Waals surface area contributed by atoms with Crippen LogP contribution in [0.15, 0.2) is 34.9 Å². The summed E-state index contributed by atoms with van der Waals surface area (Å²) >= 11 is 14.8. The largest absolute Gasteiger partial charge is 0.363 e. The number of rotatable bonds is 4. The highest BCUT2D eigenvalue weighted by atomic mass is 79.9. The van der Waals surface area contributed by atoms with Crippen LogP contribution in [-0.2, 0) is 6.54 Å². The third-order valence-electron chi connectivity index (χ3n) is 2.58. The van der Waals surface area contributed by atoms with Gasteiger partial charge in [0.05, 0.1) is 11.0 Å². The van der Waals surface area contributed by atoms with Gasteiger partial charge >= 0.3 is 0 Å². The molecule has 7 heteroatoms. The van der Waals surface area contributed by atoms with E-state index in [0.717, 1.165) is 21.6 Å². The van der Waals surface area contributed by atoms with Crippen LogP contribution in [0, 0.1) is 0 Å². The van der Waals surface area contributed by atoms with Crippen molar-refractivity contribution in [2.24, 2.45) is 0 Å². The summed E-state index contributed by atoms with van der Waals surface area (Å²) < 4.78 is 2.66. The molecule has 0 fully saturated rings. The van der Waals surface area contributed by atoms with Gasteiger partial charge in [-0.1, -0.05) is 29.8 Å². The van der Waals surface area contributed by atoms with Crippen LogP contribution in [0.1, 0.15) is 12.5 Å². The van der Waals surface area contributed by atoms with Gasteiger partial charge in [0.15, 0.2) is 10.9 Å². The minimum absolute atomic E-state index is 0.552. The lowest BCUT2D eigenvalue weighted by Crippen LogP contribution is -2.28. The molecule has 4 nitrogen and oxygen atoms in total. The van der Waals surface area contributed by atoms with Crippen LogP contribution in [0.3, 0.4) is 0 Å². The summed E-state index contributed by atoms with van der Waals surface area (Å²) in [5.41, 5.74) is 1.02. The predicted octanol–water partition coefficient (Wildman–Crippen LogP) is 3.65. The van der Waals surface area contributed by atoms with E-state index in [1.807, 2.05) is 42.1 Å². The highest BCUT2D eigenvalue weighted by Gasteiger charge is 2.09. The Balaban J connectivity index is 2.11. The fourth-order valence-corrected chi connectivity index (χ4v) is 2.53. The second-order valence-electron chi connectivity index (χ2n) is 4.10. The van der Waals surface area contributed by atoms with E-state index in [-0.39, 0.29) is 0 Å². The molecule has 20 heavy (non-hydrogen) atoms. The van der Waals surface area contributed by atoms with Gasteiger partial charge in [0.2, 0.25) is 0 Å². The first-order valence-electron chi connectivity index (χ1n) is 6.11. The molecule has 0 saturated heterocycles. The van der Waals surface area contributed by atoms with Crippen molar-refractivity contribution < 1.29 is 0 Å². The van der Waals surface area contributed by atoms with Gasteiger partial charge in [0.1, 0.15) is 0 Å². The van der Waals surface area contributed by atoms with E-state index in [0.29, 0.717) is 17.5 Å². The Bertz CT molecular complexity index is 614. The summed E-state index contributed by atoms with van der Waals surface area (Å²) in [7, 11) is 0. The number of aromatic nitrogens is 2. The van der Waals surface area contributed by atoms with Crippen molar-refractivity contribution in [1.82, 2.24) is 15.1 Å². The molecular weight excluding hydrogens is 360 g/mol. The van der Waals surface area contributed by atoms with Gasteiger partial charge in [0, 0.05) is 17.8 Å². The number of halogens is 2. The summed E-state index contributed by atoms with van der Waals surface area (Å²) in [5, 5.41) is 11.8. The number of anilines is 1. The van der Waals surface area contributed by atoms with Crippen molar-refractivity contribution in [2.45, 2.75) is 13.5 Å². The molecule has 2 aromatic rings. The van der Waals surface area contributed by atoms with Gasteiger partial charge in [-0.05, 0) is 46.7 Å². The Morgan fingerprint density at radius 1 is 1.45 bits per heavy atom. The number of benzene rings is 1. The number of hydrogen-bond acceptors (Lipinski definition) is 2. The molecule has 0 bridgehead atoms. The van der Waals surface area contributed by atoms with Crippen molar-refractivity contribution in [3.8, 4) is 0 Å². The van der Waals surface area contributed by atoms with E-state index >= 15 is 0 Å².